The van der Waals surface area contributed by atoms with Gasteiger partial charge in [0.05, 0.1) is 0 Å². The Bertz CT molecular complexity index is 337. The number of hydrogen-bond donors (Lipinski definition) is 1. The van der Waals surface area contributed by atoms with E-state index in [4.69, 9.17) is 0 Å². The number of amides is 1. The van der Waals surface area contributed by atoms with Gasteiger partial charge >= 0.3 is 0 Å². The molecule has 1 fully saturated rings. The first kappa shape index (κ1) is 10.2. The van der Waals surface area contributed by atoms with Crippen LogP contribution in [0.5, 0.6) is 0 Å². The predicted octanol–water partition coefficient (Wildman–Crippen LogP) is 1.82. The molecular weight excluding hydrogens is 188 g/mol. The molecule has 1 aliphatic rings. The van der Waals surface area contributed by atoms with Gasteiger partial charge in [0.15, 0.2) is 0 Å². The highest BCUT2D eigenvalue weighted by atomic mass is 16.2. The zero-order valence-corrected chi connectivity index (χ0v) is 8.94. The third-order valence-electron chi connectivity index (χ3n) is 2.83. The number of benzene rings is 1. The molecule has 1 amide bonds. The van der Waals surface area contributed by atoms with Crippen molar-refractivity contribution in [2.45, 2.75) is 25.8 Å². The van der Waals surface area contributed by atoms with Crippen LogP contribution in [0.2, 0.25) is 0 Å². The number of nitrogens with zero attached hydrogens (tertiary/aromatic N) is 1. The summed E-state index contributed by atoms with van der Waals surface area (Å²) < 4.78 is 0. The Balaban J connectivity index is 1.98. The average molecular weight is 204 g/mol. The smallest absolute Gasteiger partial charge is 0.265 e. The van der Waals surface area contributed by atoms with Gasteiger partial charge in [-0.3, -0.25) is 10.2 Å². The molecule has 0 unspecified atom stereocenters. The second-order valence-electron chi connectivity index (χ2n) is 3.99. The van der Waals surface area contributed by atoms with Crippen LogP contribution in [0.15, 0.2) is 30.3 Å². The van der Waals surface area contributed by atoms with Crippen molar-refractivity contribution in [2.24, 2.45) is 0 Å². The minimum Gasteiger partial charge on any atom is -0.285 e. The number of rotatable bonds is 2. The Hall–Kier alpha value is -1.35. The summed E-state index contributed by atoms with van der Waals surface area (Å²) in [6.07, 6.45) is 2.32. The third-order valence-corrected chi connectivity index (χ3v) is 2.83. The Kier molecular flexibility index (Phi) is 3.02. The topological polar surface area (TPSA) is 32.3 Å². The second kappa shape index (κ2) is 4.45. The highest BCUT2D eigenvalue weighted by molar-refractivity contribution is 5.93. The monoisotopic (exact) mass is 204 g/mol. The minimum absolute atomic E-state index is 0.00986. The fourth-order valence-electron chi connectivity index (χ4n) is 1.88. The SMILES string of the molecule is C[C@@H]1CCCN1NC(=O)c1ccccc1. The van der Waals surface area contributed by atoms with Crippen molar-refractivity contribution < 1.29 is 4.79 Å². The molecule has 0 spiro atoms. The molecule has 0 aliphatic carbocycles. The van der Waals surface area contributed by atoms with Crippen LogP contribution >= 0.6 is 0 Å². The zero-order valence-electron chi connectivity index (χ0n) is 8.94. The molecule has 1 aliphatic heterocycles. The molecule has 0 radical (unpaired) electrons. The predicted molar refractivity (Wildman–Crippen MR) is 59.3 cm³/mol. The molecule has 1 saturated heterocycles. The Labute approximate surface area is 90.1 Å². The lowest BCUT2D eigenvalue weighted by atomic mass is 10.2. The van der Waals surface area contributed by atoms with Crippen molar-refractivity contribution >= 4 is 5.91 Å². The average Bonchev–Trinajstić information content (AvgIpc) is 2.66. The maximum absolute atomic E-state index is 11.8. The van der Waals surface area contributed by atoms with Crippen LogP contribution in [0.4, 0.5) is 0 Å². The van der Waals surface area contributed by atoms with Crippen molar-refractivity contribution in [2.75, 3.05) is 6.54 Å². The van der Waals surface area contributed by atoms with Crippen LogP contribution in [-0.2, 0) is 0 Å². The van der Waals surface area contributed by atoms with Gasteiger partial charge in [0.1, 0.15) is 0 Å². The molecule has 15 heavy (non-hydrogen) atoms. The van der Waals surface area contributed by atoms with Crippen LogP contribution in [0.1, 0.15) is 30.1 Å². The van der Waals surface area contributed by atoms with Crippen LogP contribution in [0.25, 0.3) is 0 Å². The highest BCUT2D eigenvalue weighted by Crippen LogP contribution is 2.13. The zero-order chi connectivity index (χ0) is 10.7. The summed E-state index contributed by atoms with van der Waals surface area (Å²) in [5, 5.41) is 2.02. The van der Waals surface area contributed by atoms with Crippen LogP contribution in [-0.4, -0.2) is 23.5 Å². The molecular formula is C12H16N2O. The second-order valence-corrected chi connectivity index (χ2v) is 3.99. The van der Waals surface area contributed by atoms with Gasteiger partial charge < -0.3 is 0 Å². The number of carbonyl (C=O) groups excluding carboxylic acids is 1. The fourth-order valence-corrected chi connectivity index (χ4v) is 1.88. The first-order valence-corrected chi connectivity index (χ1v) is 5.40. The molecule has 1 N–H and O–H groups in total. The van der Waals surface area contributed by atoms with Gasteiger partial charge in [0.25, 0.3) is 5.91 Å². The van der Waals surface area contributed by atoms with Crippen molar-refractivity contribution in [1.82, 2.24) is 10.4 Å². The van der Waals surface area contributed by atoms with Gasteiger partial charge in [0.2, 0.25) is 0 Å². The van der Waals surface area contributed by atoms with E-state index in [0.29, 0.717) is 6.04 Å². The molecule has 1 heterocycles. The lowest BCUT2D eigenvalue weighted by Gasteiger charge is -2.21. The van der Waals surface area contributed by atoms with Gasteiger partial charge in [-0.1, -0.05) is 18.2 Å². The minimum atomic E-state index is -0.00986. The molecule has 3 nitrogen and oxygen atoms in total. The van der Waals surface area contributed by atoms with Crippen molar-refractivity contribution in [3.05, 3.63) is 35.9 Å². The van der Waals surface area contributed by atoms with Crippen molar-refractivity contribution in [3.63, 3.8) is 0 Å². The highest BCUT2D eigenvalue weighted by Gasteiger charge is 2.21. The van der Waals surface area contributed by atoms with Crippen molar-refractivity contribution in [3.8, 4) is 0 Å². The molecule has 80 valence electrons. The summed E-state index contributed by atoms with van der Waals surface area (Å²) in [5.74, 6) is -0.00986. The molecule has 0 saturated carbocycles. The van der Waals surface area contributed by atoms with Gasteiger partial charge in [-0.05, 0) is 31.9 Å². The van der Waals surface area contributed by atoms with Crippen LogP contribution < -0.4 is 5.43 Å². The summed E-state index contributed by atoms with van der Waals surface area (Å²) in [5.41, 5.74) is 3.66. The van der Waals surface area contributed by atoms with Gasteiger partial charge in [0, 0.05) is 18.2 Å². The molecule has 0 bridgehead atoms. The van der Waals surface area contributed by atoms with E-state index in [0.717, 1.165) is 24.9 Å². The van der Waals surface area contributed by atoms with E-state index in [9.17, 15) is 4.79 Å². The summed E-state index contributed by atoms with van der Waals surface area (Å²) in [6, 6.07) is 9.78. The largest absolute Gasteiger partial charge is 0.285 e. The number of carbonyl (C=O) groups is 1. The molecule has 1 aromatic carbocycles. The van der Waals surface area contributed by atoms with Crippen LogP contribution in [0, 0.1) is 0 Å². The number of hydrazine groups is 1. The third kappa shape index (κ3) is 2.36. The van der Waals surface area contributed by atoms with E-state index in [1.54, 1.807) is 0 Å². The molecule has 0 aromatic heterocycles. The van der Waals surface area contributed by atoms with E-state index >= 15 is 0 Å². The maximum atomic E-state index is 11.8. The van der Waals surface area contributed by atoms with E-state index in [2.05, 4.69) is 12.3 Å². The normalized spacial score (nSPS) is 21.5. The van der Waals surface area contributed by atoms with Gasteiger partial charge in [-0.25, -0.2) is 5.01 Å². The molecule has 1 atom stereocenters. The first-order chi connectivity index (χ1) is 7.27. The summed E-state index contributed by atoms with van der Waals surface area (Å²) in [7, 11) is 0. The van der Waals surface area contributed by atoms with Crippen LogP contribution in [0.3, 0.4) is 0 Å². The molecule has 1 aromatic rings. The summed E-state index contributed by atoms with van der Waals surface area (Å²) in [4.78, 5) is 11.8. The maximum Gasteiger partial charge on any atom is 0.265 e. The van der Waals surface area contributed by atoms with E-state index < -0.39 is 0 Å². The first-order valence-electron chi connectivity index (χ1n) is 5.40. The van der Waals surface area contributed by atoms with Gasteiger partial charge in [-0.15, -0.1) is 0 Å². The summed E-state index contributed by atoms with van der Waals surface area (Å²) in [6.45, 7) is 3.10. The fraction of sp³-hybridized carbons (Fsp3) is 0.417. The lowest BCUT2D eigenvalue weighted by Crippen LogP contribution is -2.43. The Morgan fingerprint density at radius 1 is 1.40 bits per heavy atom. The quantitative estimate of drug-likeness (QED) is 0.797. The van der Waals surface area contributed by atoms with Crippen molar-refractivity contribution in [1.29, 1.82) is 0 Å². The van der Waals surface area contributed by atoms with E-state index in [1.807, 2.05) is 35.3 Å². The standard InChI is InChI=1S/C12H16N2O/c1-10-6-5-9-14(10)13-12(15)11-7-3-2-4-8-11/h2-4,7-8,10H,5-6,9H2,1H3,(H,13,15)/t10-/m1/s1. The molecule has 2 rings (SSSR count). The molecule has 3 heteroatoms. The Morgan fingerprint density at radius 2 is 2.13 bits per heavy atom. The number of hydrogen-bond acceptors (Lipinski definition) is 2. The summed E-state index contributed by atoms with van der Waals surface area (Å²) >= 11 is 0. The van der Waals surface area contributed by atoms with Gasteiger partial charge in [-0.2, -0.15) is 0 Å². The lowest BCUT2D eigenvalue weighted by molar-refractivity contribution is 0.0777. The van der Waals surface area contributed by atoms with E-state index in [1.165, 1.54) is 0 Å². The number of nitrogens with one attached hydrogen (secondary N) is 1. The van der Waals surface area contributed by atoms with E-state index in [-0.39, 0.29) is 5.91 Å². The Morgan fingerprint density at radius 3 is 2.73 bits per heavy atom.